The molecule has 1 aromatic carbocycles. The third-order valence-electron chi connectivity index (χ3n) is 4.40. The van der Waals surface area contributed by atoms with E-state index in [0.717, 1.165) is 24.6 Å². The van der Waals surface area contributed by atoms with Crippen LogP contribution in [-0.4, -0.2) is 13.1 Å². The van der Waals surface area contributed by atoms with Crippen molar-refractivity contribution >= 4 is 0 Å². The van der Waals surface area contributed by atoms with Crippen LogP contribution in [0.3, 0.4) is 0 Å². The summed E-state index contributed by atoms with van der Waals surface area (Å²) in [5.74, 6) is 1.83. The fraction of sp³-hybridized carbons (Fsp3) is 0.647. The molecule has 2 heteroatoms. The first-order chi connectivity index (χ1) is 9.10. The normalized spacial score (nSPS) is 27.5. The van der Waals surface area contributed by atoms with E-state index in [0.29, 0.717) is 11.8 Å². The summed E-state index contributed by atoms with van der Waals surface area (Å²) in [4.78, 5) is 0. The number of hydrogen-bond acceptors (Lipinski definition) is 1. The van der Waals surface area contributed by atoms with E-state index in [9.17, 15) is 4.39 Å². The molecule has 1 aliphatic carbocycles. The summed E-state index contributed by atoms with van der Waals surface area (Å²) in [6, 6.07) is 5.54. The second-order valence-corrected chi connectivity index (χ2v) is 6.15. The Morgan fingerprint density at radius 3 is 2.74 bits per heavy atom. The fourth-order valence-corrected chi connectivity index (χ4v) is 3.40. The maximum absolute atomic E-state index is 13.6. The Kier molecular flexibility index (Phi) is 4.98. The highest BCUT2D eigenvalue weighted by Gasteiger charge is 2.29. The molecule has 0 amide bonds. The van der Waals surface area contributed by atoms with Crippen molar-refractivity contribution in [2.75, 3.05) is 13.1 Å². The second-order valence-electron chi connectivity index (χ2n) is 6.15. The maximum Gasteiger partial charge on any atom is 0.123 e. The Morgan fingerprint density at radius 1 is 1.26 bits per heavy atom. The molecule has 1 saturated carbocycles. The number of hydrogen-bond donors (Lipinski definition) is 1. The Balaban J connectivity index is 2.20. The summed E-state index contributed by atoms with van der Waals surface area (Å²) in [7, 11) is 0. The van der Waals surface area contributed by atoms with E-state index in [1.54, 1.807) is 12.1 Å². The topological polar surface area (TPSA) is 12.0 Å². The molecule has 0 spiro atoms. The first kappa shape index (κ1) is 14.5. The summed E-state index contributed by atoms with van der Waals surface area (Å²) in [5, 5.41) is 3.47. The number of nitrogens with one attached hydrogen (secondary N) is 1. The van der Waals surface area contributed by atoms with Gasteiger partial charge in [0.15, 0.2) is 0 Å². The zero-order valence-corrected chi connectivity index (χ0v) is 12.4. The minimum absolute atomic E-state index is 0.0876. The summed E-state index contributed by atoms with van der Waals surface area (Å²) in [6.45, 7) is 8.53. The van der Waals surface area contributed by atoms with Crippen molar-refractivity contribution < 1.29 is 4.39 Å². The van der Waals surface area contributed by atoms with Gasteiger partial charge in [-0.3, -0.25) is 0 Å². The lowest BCUT2D eigenvalue weighted by Crippen LogP contribution is -2.31. The molecule has 3 atom stereocenters. The van der Waals surface area contributed by atoms with Gasteiger partial charge in [-0.1, -0.05) is 26.3 Å². The average molecular weight is 263 g/mol. The molecule has 0 aromatic heterocycles. The van der Waals surface area contributed by atoms with Gasteiger partial charge >= 0.3 is 0 Å². The summed E-state index contributed by atoms with van der Waals surface area (Å²) >= 11 is 0. The van der Waals surface area contributed by atoms with Gasteiger partial charge in [0.1, 0.15) is 5.82 Å². The largest absolute Gasteiger partial charge is 0.317 e. The molecule has 0 bridgehead atoms. The fourth-order valence-electron chi connectivity index (χ4n) is 3.40. The molecule has 0 aliphatic heterocycles. The van der Waals surface area contributed by atoms with E-state index in [1.165, 1.54) is 24.8 Å². The van der Waals surface area contributed by atoms with Crippen LogP contribution in [0, 0.1) is 24.6 Å². The second kappa shape index (κ2) is 6.51. The minimum Gasteiger partial charge on any atom is -0.317 e. The minimum atomic E-state index is -0.0876. The lowest BCUT2D eigenvalue weighted by atomic mass is 9.71. The van der Waals surface area contributed by atoms with Crippen LogP contribution in [0.2, 0.25) is 0 Å². The van der Waals surface area contributed by atoms with E-state index in [4.69, 9.17) is 0 Å². The summed E-state index contributed by atoms with van der Waals surface area (Å²) < 4.78 is 13.6. The van der Waals surface area contributed by atoms with Crippen LogP contribution in [0.25, 0.3) is 0 Å². The van der Waals surface area contributed by atoms with E-state index < -0.39 is 0 Å². The summed E-state index contributed by atoms with van der Waals surface area (Å²) in [6.07, 6.45) is 3.76. The van der Waals surface area contributed by atoms with Crippen LogP contribution < -0.4 is 5.32 Å². The van der Waals surface area contributed by atoms with Crippen LogP contribution in [0.4, 0.5) is 4.39 Å². The molecule has 19 heavy (non-hydrogen) atoms. The Labute approximate surface area is 116 Å². The van der Waals surface area contributed by atoms with Crippen LogP contribution in [0.15, 0.2) is 18.2 Å². The molecule has 3 unspecified atom stereocenters. The van der Waals surface area contributed by atoms with Crippen LogP contribution in [0.5, 0.6) is 0 Å². The van der Waals surface area contributed by atoms with Crippen molar-refractivity contribution in [1.82, 2.24) is 5.32 Å². The van der Waals surface area contributed by atoms with Gasteiger partial charge in [-0.05, 0) is 73.9 Å². The number of aryl methyl sites for hydroxylation is 1. The predicted molar refractivity (Wildman–Crippen MR) is 78.9 cm³/mol. The van der Waals surface area contributed by atoms with Crippen LogP contribution in [0.1, 0.15) is 50.2 Å². The third kappa shape index (κ3) is 3.79. The van der Waals surface area contributed by atoms with Gasteiger partial charge < -0.3 is 5.32 Å². The standard InChI is InChI=1S/C17H26FN/c1-4-19-11-14-6-5-12(2)9-17(14)15-7-13(3)8-16(18)10-15/h7-8,10,12,14,17,19H,4-6,9,11H2,1-3H3. The molecular weight excluding hydrogens is 237 g/mol. The monoisotopic (exact) mass is 263 g/mol. The van der Waals surface area contributed by atoms with Gasteiger partial charge in [-0.2, -0.15) is 0 Å². The van der Waals surface area contributed by atoms with Gasteiger partial charge in [-0.25, -0.2) is 4.39 Å². The van der Waals surface area contributed by atoms with E-state index >= 15 is 0 Å². The van der Waals surface area contributed by atoms with Crippen molar-refractivity contribution in [3.63, 3.8) is 0 Å². The van der Waals surface area contributed by atoms with E-state index in [-0.39, 0.29) is 5.82 Å². The van der Waals surface area contributed by atoms with Gasteiger partial charge in [0.2, 0.25) is 0 Å². The number of rotatable bonds is 4. The molecule has 1 aromatic rings. The zero-order chi connectivity index (χ0) is 13.8. The molecule has 0 radical (unpaired) electrons. The average Bonchev–Trinajstić information content (AvgIpc) is 2.36. The molecule has 0 heterocycles. The Bertz CT molecular complexity index is 393. The number of benzene rings is 1. The smallest absolute Gasteiger partial charge is 0.123 e. The molecular formula is C17H26FN. The third-order valence-corrected chi connectivity index (χ3v) is 4.40. The molecule has 1 fully saturated rings. The summed E-state index contributed by atoms with van der Waals surface area (Å²) in [5.41, 5.74) is 2.24. The van der Waals surface area contributed by atoms with E-state index in [2.05, 4.69) is 25.2 Å². The highest BCUT2D eigenvalue weighted by atomic mass is 19.1. The lowest BCUT2D eigenvalue weighted by molar-refractivity contribution is 0.242. The SMILES string of the molecule is CCNCC1CCC(C)CC1c1cc(C)cc(F)c1. The van der Waals surface area contributed by atoms with Crippen molar-refractivity contribution in [3.05, 3.63) is 35.1 Å². The highest BCUT2D eigenvalue weighted by Crippen LogP contribution is 2.40. The Morgan fingerprint density at radius 2 is 2.05 bits per heavy atom. The van der Waals surface area contributed by atoms with Crippen molar-refractivity contribution in [1.29, 1.82) is 0 Å². The molecule has 106 valence electrons. The van der Waals surface area contributed by atoms with Gasteiger partial charge in [-0.15, -0.1) is 0 Å². The van der Waals surface area contributed by atoms with Gasteiger partial charge in [0.25, 0.3) is 0 Å². The molecule has 1 nitrogen and oxygen atoms in total. The Hall–Kier alpha value is -0.890. The number of halogens is 1. The zero-order valence-electron chi connectivity index (χ0n) is 12.4. The van der Waals surface area contributed by atoms with E-state index in [1.807, 2.05) is 6.92 Å². The highest BCUT2D eigenvalue weighted by molar-refractivity contribution is 5.27. The van der Waals surface area contributed by atoms with Gasteiger partial charge in [0.05, 0.1) is 0 Å². The van der Waals surface area contributed by atoms with Crippen molar-refractivity contribution in [3.8, 4) is 0 Å². The van der Waals surface area contributed by atoms with Crippen LogP contribution >= 0.6 is 0 Å². The van der Waals surface area contributed by atoms with Crippen LogP contribution in [-0.2, 0) is 0 Å². The first-order valence-corrected chi connectivity index (χ1v) is 7.58. The molecule has 1 N–H and O–H groups in total. The quantitative estimate of drug-likeness (QED) is 0.855. The maximum atomic E-state index is 13.6. The molecule has 0 saturated heterocycles. The van der Waals surface area contributed by atoms with Crippen molar-refractivity contribution in [2.24, 2.45) is 11.8 Å². The predicted octanol–water partition coefficient (Wildman–Crippen LogP) is 4.26. The van der Waals surface area contributed by atoms with Gasteiger partial charge in [0, 0.05) is 0 Å². The first-order valence-electron chi connectivity index (χ1n) is 7.58. The lowest BCUT2D eigenvalue weighted by Gasteiger charge is -2.35. The molecule has 2 rings (SSSR count). The molecule has 1 aliphatic rings. The van der Waals surface area contributed by atoms with Crippen molar-refractivity contribution in [2.45, 2.75) is 46.0 Å².